The Labute approximate surface area is 112 Å². The fourth-order valence-electron chi connectivity index (χ4n) is 2.32. The summed E-state index contributed by atoms with van der Waals surface area (Å²) in [5.74, 6) is 0.464. The van der Waals surface area contributed by atoms with Crippen molar-refractivity contribution < 1.29 is 0 Å². The van der Waals surface area contributed by atoms with Gasteiger partial charge in [-0.05, 0) is 37.0 Å². The molecule has 1 atom stereocenters. The van der Waals surface area contributed by atoms with Crippen LogP contribution in [0.4, 0.5) is 5.69 Å². The van der Waals surface area contributed by atoms with Crippen LogP contribution in [0.1, 0.15) is 19.3 Å². The van der Waals surface area contributed by atoms with Gasteiger partial charge in [-0.2, -0.15) is 5.26 Å². The van der Waals surface area contributed by atoms with E-state index in [0.29, 0.717) is 22.4 Å². The summed E-state index contributed by atoms with van der Waals surface area (Å²) >= 11 is 12.0. The predicted octanol–water partition coefficient (Wildman–Crippen LogP) is 4.12. The number of nitrogens with zero attached hydrogens (tertiary/aromatic N) is 2. The van der Waals surface area contributed by atoms with E-state index in [-0.39, 0.29) is 0 Å². The molecular formula is C13H14Cl2N2. The summed E-state index contributed by atoms with van der Waals surface area (Å²) < 4.78 is 0. The van der Waals surface area contributed by atoms with Crippen molar-refractivity contribution in [3.05, 3.63) is 28.2 Å². The molecule has 90 valence electrons. The molecular weight excluding hydrogens is 255 g/mol. The first-order valence-electron chi connectivity index (χ1n) is 5.77. The number of benzene rings is 1. The lowest BCUT2D eigenvalue weighted by atomic mass is 9.95. The Balaban J connectivity index is 2.13. The molecule has 1 unspecified atom stereocenters. The van der Waals surface area contributed by atoms with Gasteiger partial charge in [0.2, 0.25) is 0 Å². The Bertz CT molecular complexity index is 419. The number of halogens is 2. The maximum Gasteiger partial charge on any atom is 0.0625 e. The third kappa shape index (κ3) is 3.28. The minimum absolute atomic E-state index is 0.464. The van der Waals surface area contributed by atoms with Gasteiger partial charge < -0.3 is 4.90 Å². The zero-order valence-corrected chi connectivity index (χ0v) is 11.0. The van der Waals surface area contributed by atoms with Crippen LogP contribution in [0.5, 0.6) is 0 Å². The average molecular weight is 269 g/mol. The number of anilines is 1. The van der Waals surface area contributed by atoms with Crippen molar-refractivity contribution in [2.45, 2.75) is 19.3 Å². The predicted molar refractivity (Wildman–Crippen MR) is 71.6 cm³/mol. The fraction of sp³-hybridized carbons (Fsp3) is 0.462. The van der Waals surface area contributed by atoms with E-state index < -0.39 is 0 Å². The quantitative estimate of drug-likeness (QED) is 0.807. The average Bonchev–Trinajstić information content (AvgIpc) is 2.28. The molecule has 1 aliphatic rings. The molecule has 1 aromatic rings. The van der Waals surface area contributed by atoms with Crippen LogP contribution < -0.4 is 4.90 Å². The molecule has 0 radical (unpaired) electrons. The molecule has 0 aliphatic carbocycles. The van der Waals surface area contributed by atoms with Crippen molar-refractivity contribution in [3.63, 3.8) is 0 Å². The number of rotatable bonds is 2. The van der Waals surface area contributed by atoms with Crippen molar-refractivity contribution in [1.29, 1.82) is 5.26 Å². The van der Waals surface area contributed by atoms with Crippen LogP contribution >= 0.6 is 23.2 Å². The summed E-state index contributed by atoms with van der Waals surface area (Å²) in [4.78, 5) is 2.27. The highest BCUT2D eigenvalue weighted by molar-refractivity contribution is 6.35. The van der Waals surface area contributed by atoms with Gasteiger partial charge in [-0.25, -0.2) is 0 Å². The number of piperidine rings is 1. The van der Waals surface area contributed by atoms with Gasteiger partial charge in [0.05, 0.1) is 6.07 Å². The zero-order valence-electron chi connectivity index (χ0n) is 9.50. The lowest BCUT2D eigenvalue weighted by Gasteiger charge is -2.33. The molecule has 1 aliphatic heterocycles. The Kier molecular flexibility index (Phi) is 4.15. The van der Waals surface area contributed by atoms with Crippen LogP contribution in [0, 0.1) is 17.2 Å². The van der Waals surface area contributed by atoms with Crippen LogP contribution in [0.2, 0.25) is 10.0 Å². The first kappa shape index (κ1) is 12.5. The molecule has 17 heavy (non-hydrogen) atoms. The third-order valence-corrected chi connectivity index (χ3v) is 3.55. The summed E-state index contributed by atoms with van der Waals surface area (Å²) in [6, 6.07) is 7.86. The van der Waals surface area contributed by atoms with Gasteiger partial charge in [0.25, 0.3) is 0 Å². The zero-order chi connectivity index (χ0) is 12.3. The smallest absolute Gasteiger partial charge is 0.0625 e. The Morgan fingerprint density at radius 2 is 2.00 bits per heavy atom. The van der Waals surface area contributed by atoms with E-state index in [0.717, 1.165) is 31.6 Å². The summed E-state index contributed by atoms with van der Waals surface area (Å²) in [6.07, 6.45) is 2.89. The number of nitriles is 1. The maximum atomic E-state index is 8.75. The molecule has 1 aromatic carbocycles. The van der Waals surface area contributed by atoms with Gasteiger partial charge in [-0.1, -0.05) is 23.2 Å². The molecule has 4 heteroatoms. The molecule has 2 nitrogen and oxygen atoms in total. The number of hydrogen-bond donors (Lipinski definition) is 0. The highest BCUT2D eigenvalue weighted by atomic mass is 35.5. The molecule has 0 bridgehead atoms. The molecule has 1 heterocycles. The van der Waals surface area contributed by atoms with Gasteiger partial charge in [-0.15, -0.1) is 0 Å². The molecule has 0 aromatic heterocycles. The standard InChI is InChI=1S/C13H14Cl2N2/c14-11-6-12(15)8-13(7-11)17-5-1-2-10(9-17)3-4-16/h6-8,10H,1-3,5,9H2. The summed E-state index contributed by atoms with van der Waals surface area (Å²) in [7, 11) is 0. The van der Waals surface area contributed by atoms with E-state index in [1.54, 1.807) is 6.07 Å². The van der Waals surface area contributed by atoms with E-state index in [2.05, 4.69) is 11.0 Å². The van der Waals surface area contributed by atoms with Crippen LogP contribution in [-0.4, -0.2) is 13.1 Å². The monoisotopic (exact) mass is 268 g/mol. The van der Waals surface area contributed by atoms with Crippen LogP contribution in [0.25, 0.3) is 0 Å². The fourth-order valence-corrected chi connectivity index (χ4v) is 2.83. The first-order valence-corrected chi connectivity index (χ1v) is 6.52. The van der Waals surface area contributed by atoms with Crippen LogP contribution in [0.3, 0.4) is 0 Å². The van der Waals surface area contributed by atoms with Crippen LogP contribution in [-0.2, 0) is 0 Å². The van der Waals surface area contributed by atoms with Crippen molar-refractivity contribution >= 4 is 28.9 Å². The SMILES string of the molecule is N#CCC1CCCN(c2cc(Cl)cc(Cl)c2)C1. The van der Waals surface area contributed by atoms with Gasteiger partial charge in [0.1, 0.15) is 0 Å². The molecule has 0 spiro atoms. The number of hydrogen-bond acceptors (Lipinski definition) is 2. The summed E-state index contributed by atoms with van der Waals surface area (Å²) in [5, 5.41) is 10.1. The highest BCUT2D eigenvalue weighted by Crippen LogP contribution is 2.29. The molecule has 1 fully saturated rings. The van der Waals surface area contributed by atoms with E-state index >= 15 is 0 Å². The van der Waals surface area contributed by atoms with E-state index in [1.807, 2.05) is 12.1 Å². The van der Waals surface area contributed by atoms with E-state index in [1.165, 1.54) is 0 Å². The third-order valence-electron chi connectivity index (χ3n) is 3.11. The van der Waals surface area contributed by atoms with E-state index in [9.17, 15) is 0 Å². The van der Waals surface area contributed by atoms with Gasteiger partial charge in [-0.3, -0.25) is 0 Å². The van der Waals surface area contributed by atoms with Crippen molar-refractivity contribution in [1.82, 2.24) is 0 Å². The molecule has 0 amide bonds. The summed E-state index contributed by atoms with van der Waals surface area (Å²) in [6.45, 7) is 1.93. The van der Waals surface area contributed by atoms with E-state index in [4.69, 9.17) is 28.5 Å². The summed E-state index contributed by atoms with van der Waals surface area (Å²) in [5.41, 5.74) is 1.06. The topological polar surface area (TPSA) is 27.0 Å². The molecule has 0 saturated carbocycles. The first-order chi connectivity index (χ1) is 8.19. The maximum absolute atomic E-state index is 8.75. The minimum Gasteiger partial charge on any atom is -0.371 e. The second kappa shape index (κ2) is 5.62. The van der Waals surface area contributed by atoms with Crippen molar-refractivity contribution in [2.75, 3.05) is 18.0 Å². The second-order valence-electron chi connectivity index (χ2n) is 4.44. The van der Waals surface area contributed by atoms with Gasteiger partial charge in [0.15, 0.2) is 0 Å². The van der Waals surface area contributed by atoms with Crippen molar-refractivity contribution in [3.8, 4) is 6.07 Å². The van der Waals surface area contributed by atoms with Crippen LogP contribution in [0.15, 0.2) is 18.2 Å². The Morgan fingerprint density at radius 1 is 1.29 bits per heavy atom. The normalized spacial score (nSPS) is 20.1. The second-order valence-corrected chi connectivity index (χ2v) is 5.32. The van der Waals surface area contributed by atoms with Crippen molar-refractivity contribution in [2.24, 2.45) is 5.92 Å². The lowest BCUT2D eigenvalue weighted by Crippen LogP contribution is -2.35. The largest absolute Gasteiger partial charge is 0.371 e. The van der Waals surface area contributed by atoms with Gasteiger partial charge >= 0.3 is 0 Å². The molecule has 2 rings (SSSR count). The molecule has 0 N–H and O–H groups in total. The highest BCUT2D eigenvalue weighted by Gasteiger charge is 2.20. The Morgan fingerprint density at radius 3 is 2.65 bits per heavy atom. The lowest BCUT2D eigenvalue weighted by molar-refractivity contribution is 0.422. The minimum atomic E-state index is 0.464. The molecule has 1 saturated heterocycles. The van der Waals surface area contributed by atoms with Gasteiger partial charge in [0, 0.05) is 35.2 Å². The Hall–Kier alpha value is -0.910.